The predicted octanol–water partition coefficient (Wildman–Crippen LogP) is 3.27. The average molecular weight is 433 g/mol. The maximum Gasteiger partial charge on any atom is 0.191 e. The van der Waals surface area contributed by atoms with Gasteiger partial charge in [0.05, 0.1) is 13.7 Å². The molecule has 0 amide bonds. The Hall–Kier alpha value is -1.18. The molecule has 1 aliphatic rings. The van der Waals surface area contributed by atoms with Crippen LogP contribution in [0.3, 0.4) is 0 Å². The van der Waals surface area contributed by atoms with Crippen molar-refractivity contribution in [3.8, 4) is 11.5 Å². The summed E-state index contributed by atoms with van der Waals surface area (Å²) in [5.41, 5.74) is 6.11. The van der Waals surface area contributed by atoms with Crippen LogP contribution in [-0.2, 0) is 0 Å². The van der Waals surface area contributed by atoms with Gasteiger partial charge in [-0.25, -0.2) is 4.99 Å². The molecule has 0 bridgehead atoms. The molecule has 0 spiro atoms. The van der Waals surface area contributed by atoms with E-state index in [1.54, 1.807) is 7.11 Å². The maximum absolute atomic E-state index is 6.11. The molecule has 1 aromatic carbocycles. The smallest absolute Gasteiger partial charge is 0.191 e. The molecule has 1 fully saturated rings. The van der Waals surface area contributed by atoms with Gasteiger partial charge in [-0.1, -0.05) is 25.0 Å². The molecular weight excluding hydrogens is 405 g/mol. The first kappa shape index (κ1) is 19.9. The van der Waals surface area contributed by atoms with E-state index in [-0.39, 0.29) is 30.1 Å². The second kappa shape index (κ2) is 10.6. The molecule has 0 aliphatic carbocycles. The SMILES string of the molecule is COc1ccccc1OC(C)CN=C(N)N1CCCCCC1.I. The van der Waals surface area contributed by atoms with Crippen molar-refractivity contribution in [2.24, 2.45) is 10.7 Å². The van der Waals surface area contributed by atoms with Gasteiger partial charge in [0, 0.05) is 13.1 Å². The molecule has 1 atom stereocenters. The van der Waals surface area contributed by atoms with E-state index in [1.165, 1.54) is 25.7 Å². The zero-order valence-corrected chi connectivity index (χ0v) is 16.4. The van der Waals surface area contributed by atoms with Gasteiger partial charge in [-0.2, -0.15) is 0 Å². The number of likely N-dealkylation sites (tertiary alicyclic amines) is 1. The van der Waals surface area contributed by atoms with E-state index < -0.39 is 0 Å². The van der Waals surface area contributed by atoms with E-state index in [0.717, 1.165) is 24.6 Å². The third-order valence-electron chi connectivity index (χ3n) is 3.84. The molecule has 1 aliphatic heterocycles. The highest BCUT2D eigenvalue weighted by molar-refractivity contribution is 14.0. The Balaban J connectivity index is 0.00000264. The lowest BCUT2D eigenvalue weighted by molar-refractivity contribution is 0.219. The van der Waals surface area contributed by atoms with Gasteiger partial charge in [0.2, 0.25) is 0 Å². The van der Waals surface area contributed by atoms with Gasteiger partial charge in [0.1, 0.15) is 6.10 Å². The highest BCUT2D eigenvalue weighted by Gasteiger charge is 2.12. The molecule has 2 rings (SSSR count). The summed E-state index contributed by atoms with van der Waals surface area (Å²) in [5, 5.41) is 0. The number of ether oxygens (including phenoxy) is 2. The summed E-state index contributed by atoms with van der Waals surface area (Å²) in [6.45, 7) is 4.56. The Morgan fingerprint density at radius 3 is 2.39 bits per heavy atom. The largest absolute Gasteiger partial charge is 0.493 e. The fourth-order valence-corrected chi connectivity index (χ4v) is 2.59. The van der Waals surface area contributed by atoms with Crippen LogP contribution in [0.4, 0.5) is 0 Å². The van der Waals surface area contributed by atoms with Gasteiger partial charge in [0.25, 0.3) is 0 Å². The van der Waals surface area contributed by atoms with Crippen LogP contribution < -0.4 is 15.2 Å². The van der Waals surface area contributed by atoms with E-state index in [1.807, 2.05) is 31.2 Å². The zero-order chi connectivity index (χ0) is 15.8. The number of hydrogen-bond acceptors (Lipinski definition) is 3. The predicted molar refractivity (Wildman–Crippen MR) is 105 cm³/mol. The molecule has 1 saturated heterocycles. The highest BCUT2D eigenvalue weighted by Crippen LogP contribution is 2.26. The molecule has 23 heavy (non-hydrogen) atoms. The topological polar surface area (TPSA) is 60.1 Å². The minimum atomic E-state index is -0.0539. The minimum absolute atomic E-state index is 0. The maximum atomic E-state index is 6.11. The Morgan fingerprint density at radius 2 is 1.78 bits per heavy atom. The second-order valence-corrected chi connectivity index (χ2v) is 5.68. The van der Waals surface area contributed by atoms with Crippen molar-refractivity contribution in [1.29, 1.82) is 0 Å². The Labute approximate surface area is 156 Å². The van der Waals surface area contributed by atoms with Gasteiger partial charge < -0.3 is 20.1 Å². The zero-order valence-electron chi connectivity index (χ0n) is 14.0. The standard InChI is InChI=1S/C17H27N3O2.HI/c1-14(22-16-10-6-5-9-15(16)21-2)13-19-17(18)20-11-7-3-4-8-12-20;/h5-6,9-10,14H,3-4,7-8,11-13H2,1-2H3,(H2,18,19);1H. The molecule has 0 radical (unpaired) electrons. The van der Waals surface area contributed by atoms with Crippen LogP contribution in [0.5, 0.6) is 11.5 Å². The second-order valence-electron chi connectivity index (χ2n) is 5.68. The Bertz CT molecular complexity index is 488. The van der Waals surface area contributed by atoms with Gasteiger partial charge in [-0.3, -0.25) is 0 Å². The summed E-state index contributed by atoms with van der Waals surface area (Å²) >= 11 is 0. The molecule has 1 unspecified atom stereocenters. The minimum Gasteiger partial charge on any atom is -0.493 e. The van der Waals surface area contributed by atoms with E-state index in [2.05, 4.69) is 9.89 Å². The fourth-order valence-electron chi connectivity index (χ4n) is 2.59. The van der Waals surface area contributed by atoms with E-state index in [9.17, 15) is 0 Å². The quantitative estimate of drug-likeness (QED) is 0.440. The van der Waals surface area contributed by atoms with Gasteiger partial charge in [0.15, 0.2) is 17.5 Å². The summed E-state index contributed by atoms with van der Waals surface area (Å²) in [6, 6.07) is 7.64. The molecule has 130 valence electrons. The number of rotatable bonds is 5. The number of benzene rings is 1. The van der Waals surface area contributed by atoms with Gasteiger partial charge in [-0.05, 0) is 31.9 Å². The van der Waals surface area contributed by atoms with Crippen LogP contribution in [-0.4, -0.2) is 43.7 Å². The molecule has 0 saturated carbocycles. The number of halogens is 1. The average Bonchev–Trinajstić information content (AvgIpc) is 2.82. The van der Waals surface area contributed by atoms with E-state index in [0.29, 0.717) is 12.5 Å². The lowest BCUT2D eigenvalue weighted by atomic mass is 10.2. The lowest BCUT2D eigenvalue weighted by Crippen LogP contribution is -2.38. The van der Waals surface area contributed by atoms with E-state index in [4.69, 9.17) is 15.2 Å². The first-order chi connectivity index (χ1) is 10.7. The Morgan fingerprint density at radius 1 is 1.17 bits per heavy atom. The first-order valence-electron chi connectivity index (χ1n) is 8.05. The molecule has 2 N–H and O–H groups in total. The van der Waals surface area contributed by atoms with Crippen LogP contribution in [0.2, 0.25) is 0 Å². The van der Waals surface area contributed by atoms with Crippen molar-refractivity contribution in [3.63, 3.8) is 0 Å². The highest BCUT2D eigenvalue weighted by atomic mass is 127. The molecule has 1 heterocycles. The Kier molecular flexibility index (Phi) is 9.13. The summed E-state index contributed by atoms with van der Waals surface area (Å²) in [7, 11) is 1.64. The van der Waals surface area contributed by atoms with E-state index >= 15 is 0 Å². The van der Waals surface area contributed by atoms with Crippen molar-refractivity contribution in [2.45, 2.75) is 38.7 Å². The van der Waals surface area contributed by atoms with Crippen LogP contribution in [0, 0.1) is 0 Å². The number of methoxy groups -OCH3 is 1. The summed E-state index contributed by atoms with van der Waals surface area (Å²) in [5.74, 6) is 2.11. The van der Waals surface area contributed by atoms with Crippen molar-refractivity contribution < 1.29 is 9.47 Å². The third kappa shape index (κ3) is 6.45. The number of aliphatic imine (C=N–C) groups is 1. The first-order valence-corrected chi connectivity index (χ1v) is 8.05. The molecule has 5 nitrogen and oxygen atoms in total. The van der Waals surface area contributed by atoms with Crippen molar-refractivity contribution in [1.82, 2.24) is 4.90 Å². The normalized spacial score (nSPS) is 17.0. The van der Waals surface area contributed by atoms with Crippen LogP contribution in [0.15, 0.2) is 29.3 Å². The number of nitrogens with zero attached hydrogens (tertiary/aromatic N) is 2. The number of para-hydroxylation sites is 2. The number of guanidine groups is 1. The van der Waals surface area contributed by atoms with Crippen molar-refractivity contribution in [2.75, 3.05) is 26.7 Å². The van der Waals surface area contributed by atoms with Crippen molar-refractivity contribution in [3.05, 3.63) is 24.3 Å². The molecule has 6 heteroatoms. The van der Waals surface area contributed by atoms with Crippen LogP contribution >= 0.6 is 24.0 Å². The summed E-state index contributed by atoms with van der Waals surface area (Å²) < 4.78 is 11.2. The lowest BCUT2D eigenvalue weighted by Gasteiger charge is -2.22. The summed E-state index contributed by atoms with van der Waals surface area (Å²) in [6.07, 6.45) is 4.92. The van der Waals surface area contributed by atoms with Gasteiger partial charge in [-0.15, -0.1) is 24.0 Å². The van der Waals surface area contributed by atoms with Crippen molar-refractivity contribution >= 4 is 29.9 Å². The summed E-state index contributed by atoms with van der Waals surface area (Å²) in [4.78, 5) is 6.68. The number of nitrogens with two attached hydrogens (primary N) is 1. The monoisotopic (exact) mass is 433 g/mol. The third-order valence-corrected chi connectivity index (χ3v) is 3.84. The molecular formula is C17H28IN3O2. The molecule has 0 aromatic heterocycles. The number of hydrogen-bond donors (Lipinski definition) is 1. The molecule has 1 aromatic rings. The van der Waals surface area contributed by atoms with Crippen LogP contribution in [0.25, 0.3) is 0 Å². The fraction of sp³-hybridized carbons (Fsp3) is 0.588. The van der Waals surface area contributed by atoms with Gasteiger partial charge >= 0.3 is 0 Å². The van der Waals surface area contributed by atoms with Crippen LogP contribution in [0.1, 0.15) is 32.6 Å².